The van der Waals surface area contributed by atoms with Crippen molar-refractivity contribution in [3.63, 3.8) is 0 Å². The van der Waals surface area contributed by atoms with E-state index < -0.39 is 23.8 Å². The van der Waals surface area contributed by atoms with Gasteiger partial charge in [0.25, 0.3) is 5.91 Å². The lowest BCUT2D eigenvalue weighted by Gasteiger charge is -2.14. The van der Waals surface area contributed by atoms with E-state index >= 15 is 0 Å². The van der Waals surface area contributed by atoms with Crippen molar-refractivity contribution in [3.05, 3.63) is 64.4 Å². The van der Waals surface area contributed by atoms with Gasteiger partial charge in [-0.3, -0.25) is 14.4 Å². The number of hydrogen-bond donors (Lipinski definition) is 1. The number of ketones is 1. The molecule has 2 aromatic carbocycles. The molecule has 1 N–H and O–H groups in total. The molecule has 0 fully saturated rings. The van der Waals surface area contributed by atoms with Crippen molar-refractivity contribution in [2.75, 3.05) is 5.32 Å². The molecule has 0 unspecified atom stereocenters. The Morgan fingerprint density at radius 1 is 1.15 bits per heavy atom. The number of rotatable bonds is 6. The van der Waals surface area contributed by atoms with E-state index in [4.69, 9.17) is 16.3 Å². The van der Waals surface area contributed by atoms with Crippen LogP contribution in [-0.2, 0) is 20.7 Å². The topological polar surface area (TPSA) is 72.5 Å². The normalized spacial score (nSPS) is 11.5. The zero-order valence-electron chi connectivity index (χ0n) is 14.2. The van der Waals surface area contributed by atoms with Gasteiger partial charge in [0.1, 0.15) is 5.82 Å². The molecule has 0 aliphatic heterocycles. The maximum atomic E-state index is 13.7. The zero-order chi connectivity index (χ0) is 19.3. The molecule has 2 rings (SSSR count). The predicted molar refractivity (Wildman–Crippen MR) is 95.7 cm³/mol. The highest BCUT2D eigenvalue weighted by molar-refractivity contribution is 6.31. The van der Waals surface area contributed by atoms with Gasteiger partial charge in [0.2, 0.25) is 0 Å². The molecule has 0 radical (unpaired) electrons. The molecule has 0 aromatic heterocycles. The quantitative estimate of drug-likeness (QED) is 0.614. The average molecular weight is 378 g/mol. The summed E-state index contributed by atoms with van der Waals surface area (Å²) in [5, 5.41) is 2.69. The average Bonchev–Trinajstić information content (AvgIpc) is 2.58. The van der Waals surface area contributed by atoms with Crippen LogP contribution in [0, 0.1) is 5.82 Å². The largest absolute Gasteiger partial charge is 0.452 e. The number of Topliss-reactive ketones (excluding diaryl/α,β-unsaturated/α-hetero) is 1. The monoisotopic (exact) mass is 377 g/mol. The van der Waals surface area contributed by atoms with Crippen LogP contribution in [0.1, 0.15) is 29.8 Å². The summed E-state index contributed by atoms with van der Waals surface area (Å²) in [6, 6.07) is 10.4. The molecular weight excluding hydrogens is 361 g/mol. The highest BCUT2D eigenvalue weighted by atomic mass is 35.5. The first-order valence-electron chi connectivity index (χ1n) is 7.82. The van der Waals surface area contributed by atoms with Crippen molar-refractivity contribution in [2.24, 2.45) is 0 Å². The minimum Gasteiger partial charge on any atom is -0.452 e. The van der Waals surface area contributed by atoms with Gasteiger partial charge in [0.05, 0.1) is 6.42 Å². The van der Waals surface area contributed by atoms with Crippen LogP contribution in [0.25, 0.3) is 0 Å². The van der Waals surface area contributed by atoms with Crippen molar-refractivity contribution in [2.45, 2.75) is 26.4 Å². The second kappa shape index (κ2) is 8.58. The van der Waals surface area contributed by atoms with E-state index in [1.165, 1.54) is 32.0 Å². The molecule has 0 bridgehead atoms. The smallest absolute Gasteiger partial charge is 0.311 e. The van der Waals surface area contributed by atoms with Crippen molar-refractivity contribution in [1.82, 2.24) is 0 Å². The van der Waals surface area contributed by atoms with Gasteiger partial charge in [-0.1, -0.05) is 17.7 Å². The van der Waals surface area contributed by atoms with Gasteiger partial charge in [0, 0.05) is 21.8 Å². The third-order valence-corrected chi connectivity index (χ3v) is 3.97. The van der Waals surface area contributed by atoms with E-state index in [1.807, 2.05) is 0 Å². The van der Waals surface area contributed by atoms with Gasteiger partial charge >= 0.3 is 5.97 Å². The maximum Gasteiger partial charge on any atom is 0.311 e. The molecule has 5 nitrogen and oxygen atoms in total. The Bertz CT molecular complexity index is 816. The number of anilines is 1. The highest BCUT2D eigenvalue weighted by Gasteiger charge is 2.20. The molecule has 0 aliphatic rings. The molecule has 2 aromatic rings. The maximum absolute atomic E-state index is 13.7. The van der Waals surface area contributed by atoms with Crippen molar-refractivity contribution >= 4 is 34.9 Å². The van der Waals surface area contributed by atoms with Crippen LogP contribution in [0.15, 0.2) is 42.5 Å². The van der Waals surface area contributed by atoms with Crippen LogP contribution in [0.4, 0.5) is 10.1 Å². The first kappa shape index (κ1) is 19.6. The fourth-order valence-corrected chi connectivity index (χ4v) is 2.40. The Balaban J connectivity index is 1.93. The summed E-state index contributed by atoms with van der Waals surface area (Å²) in [6.07, 6.45) is -1.46. The lowest BCUT2D eigenvalue weighted by atomic mass is 10.1. The van der Waals surface area contributed by atoms with Gasteiger partial charge in [-0.05, 0) is 50.2 Å². The zero-order valence-corrected chi connectivity index (χ0v) is 15.0. The molecular formula is C19H17ClFNO4. The summed E-state index contributed by atoms with van der Waals surface area (Å²) in [5.74, 6) is -2.02. The molecule has 0 saturated carbocycles. The standard InChI is InChI=1S/C19H17ClFNO4/c1-11(23)13-6-8-14(9-7-13)22-19(25)12(2)26-18(24)10-15-16(20)4-3-5-17(15)21/h3-9,12H,10H2,1-2H3,(H,22,25)/t12-/m0/s1. The molecule has 0 saturated heterocycles. The van der Waals surface area contributed by atoms with Gasteiger partial charge in [-0.15, -0.1) is 0 Å². The Kier molecular flexibility index (Phi) is 6.46. The van der Waals surface area contributed by atoms with Crippen molar-refractivity contribution in [1.29, 1.82) is 0 Å². The van der Waals surface area contributed by atoms with Gasteiger partial charge in [-0.2, -0.15) is 0 Å². The van der Waals surface area contributed by atoms with Crippen molar-refractivity contribution in [3.8, 4) is 0 Å². The Morgan fingerprint density at radius 2 is 1.81 bits per heavy atom. The lowest BCUT2D eigenvalue weighted by molar-refractivity contribution is -0.152. The Labute approximate surface area is 155 Å². The second-order valence-electron chi connectivity index (χ2n) is 5.63. The molecule has 136 valence electrons. The Morgan fingerprint density at radius 3 is 2.38 bits per heavy atom. The second-order valence-corrected chi connectivity index (χ2v) is 6.04. The lowest BCUT2D eigenvalue weighted by Crippen LogP contribution is -2.30. The number of benzene rings is 2. The van der Waals surface area contributed by atoms with Gasteiger partial charge < -0.3 is 10.1 Å². The number of nitrogens with one attached hydrogen (secondary N) is 1. The van der Waals surface area contributed by atoms with Crippen LogP contribution in [0.3, 0.4) is 0 Å². The molecule has 0 heterocycles. The summed E-state index contributed by atoms with van der Waals surface area (Å²) in [4.78, 5) is 35.3. The minimum atomic E-state index is -1.08. The van der Waals surface area contributed by atoms with E-state index in [9.17, 15) is 18.8 Å². The highest BCUT2D eigenvalue weighted by Crippen LogP contribution is 2.20. The van der Waals surface area contributed by atoms with Crippen LogP contribution in [0.5, 0.6) is 0 Å². The number of ether oxygens (including phenoxy) is 1. The van der Waals surface area contributed by atoms with E-state index in [2.05, 4.69) is 5.32 Å². The van der Waals surface area contributed by atoms with Crippen LogP contribution in [0.2, 0.25) is 5.02 Å². The van der Waals surface area contributed by atoms with E-state index in [0.717, 1.165) is 0 Å². The first-order valence-corrected chi connectivity index (χ1v) is 8.20. The summed E-state index contributed by atoms with van der Waals surface area (Å²) >= 11 is 5.86. The molecule has 1 atom stereocenters. The summed E-state index contributed by atoms with van der Waals surface area (Å²) in [6.45, 7) is 2.84. The predicted octanol–water partition coefficient (Wildman–Crippen LogP) is 3.79. The van der Waals surface area contributed by atoms with Gasteiger partial charge in [0.15, 0.2) is 11.9 Å². The van der Waals surface area contributed by atoms with Crippen LogP contribution >= 0.6 is 11.6 Å². The van der Waals surface area contributed by atoms with Crippen LogP contribution in [-0.4, -0.2) is 23.8 Å². The first-order chi connectivity index (χ1) is 12.3. The van der Waals surface area contributed by atoms with Gasteiger partial charge in [-0.25, -0.2) is 4.39 Å². The fraction of sp³-hybridized carbons (Fsp3) is 0.211. The number of carbonyl (C=O) groups excluding carboxylic acids is 3. The minimum absolute atomic E-state index is 0.0200. The molecule has 1 amide bonds. The van der Waals surface area contributed by atoms with E-state index in [0.29, 0.717) is 11.3 Å². The molecule has 26 heavy (non-hydrogen) atoms. The number of amides is 1. The molecule has 0 spiro atoms. The summed E-state index contributed by atoms with van der Waals surface area (Å²) in [7, 11) is 0. The SMILES string of the molecule is CC(=O)c1ccc(NC(=O)[C@H](C)OC(=O)Cc2c(F)cccc2Cl)cc1. The number of hydrogen-bond acceptors (Lipinski definition) is 4. The number of carbonyl (C=O) groups is 3. The van der Waals surface area contributed by atoms with E-state index in [-0.39, 0.29) is 22.8 Å². The van der Waals surface area contributed by atoms with Crippen LogP contribution < -0.4 is 5.32 Å². The fourth-order valence-electron chi connectivity index (χ4n) is 2.17. The third kappa shape index (κ3) is 5.13. The third-order valence-electron chi connectivity index (χ3n) is 3.62. The molecule has 7 heteroatoms. The Hall–Kier alpha value is -2.73. The summed E-state index contributed by atoms with van der Waals surface area (Å²) in [5.41, 5.74) is 0.996. The van der Waals surface area contributed by atoms with Crippen molar-refractivity contribution < 1.29 is 23.5 Å². The summed E-state index contributed by atoms with van der Waals surface area (Å²) < 4.78 is 18.7. The van der Waals surface area contributed by atoms with E-state index in [1.54, 1.807) is 24.3 Å². The molecule has 0 aliphatic carbocycles. The number of esters is 1. The number of halogens is 2.